The molecule has 1 aliphatic rings. The summed E-state index contributed by atoms with van der Waals surface area (Å²) in [6, 6.07) is 12.8. The normalized spacial score (nSPS) is 19.5. The average molecular weight is 352 g/mol. The summed E-state index contributed by atoms with van der Waals surface area (Å²) >= 11 is 0. The number of aromatic hydroxyl groups is 2. The Kier molecular flexibility index (Phi) is 4.72. The lowest BCUT2D eigenvalue weighted by molar-refractivity contribution is -0.122. The van der Waals surface area contributed by atoms with Gasteiger partial charge in [-0.05, 0) is 52.6 Å². The second kappa shape index (κ2) is 6.83. The number of benzene rings is 2. The number of hydrazone groups is 1. The summed E-state index contributed by atoms with van der Waals surface area (Å²) in [5.74, 6) is -0.322. The molecule has 0 spiro atoms. The Hall–Kier alpha value is -2.82. The summed E-state index contributed by atoms with van der Waals surface area (Å²) in [5, 5.41) is 22.6. The van der Waals surface area contributed by atoms with Crippen molar-refractivity contribution in [3.05, 3.63) is 59.2 Å². The van der Waals surface area contributed by atoms with Crippen LogP contribution in [0, 0.1) is 5.92 Å². The average Bonchev–Trinajstić information content (AvgIpc) is 3.38. The molecule has 2 aromatic carbocycles. The lowest BCUT2D eigenvalue weighted by Gasteiger charge is -2.19. The highest BCUT2D eigenvalue weighted by Gasteiger charge is 2.43. The van der Waals surface area contributed by atoms with Gasteiger partial charge in [-0.2, -0.15) is 5.10 Å². The Morgan fingerprint density at radius 3 is 2.42 bits per heavy atom. The lowest BCUT2D eigenvalue weighted by Crippen LogP contribution is -2.20. The summed E-state index contributed by atoms with van der Waals surface area (Å²) in [4.78, 5) is 12.2. The number of amides is 1. The maximum Gasteiger partial charge on any atom is 0.243 e. The van der Waals surface area contributed by atoms with Gasteiger partial charge < -0.3 is 10.2 Å². The van der Waals surface area contributed by atoms with Crippen molar-refractivity contribution in [1.29, 1.82) is 0 Å². The molecule has 0 bridgehead atoms. The third-order valence-corrected chi connectivity index (χ3v) is 4.72. The van der Waals surface area contributed by atoms with Crippen molar-refractivity contribution >= 4 is 12.1 Å². The Bertz CT molecular complexity index is 835. The second-order valence-corrected chi connectivity index (χ2v) is 7.80. The first-order valence-corrected chi connectivity index (χ1v) is 8.71. The van der Waals surface area contributed by atoms with Gasteiger partial charge in [0.2, 0.25) is 5.91 Å². The van der Waals surface area contributed by atoms with Crippen LogP contribution in [-0.2, 0) is 10.2 Å². The molecule has 2 atom stereocenters. The van der Waals surface area contributed by atoms with Gasteiger partial charge in [-0.1, -0.05) is 45.0 Å². The zero-order valence-electron chi connectivity index (χ0n) is 15.2. The van der Waals surface area contributed by atoms with E-state index in [9.17, 15) is 15.0 Å². The fourth-order valence-corrected chi connectivity index (χ4v) is 2.96. The highest BCUT2D eigenvalue weighted by Crippen LogP contribution is 2.47. The molecule has 1 amide bonds. The van der Waals surface area contributed by atoms with Crippen LogP contribution in [0.25, 0.3) is 0 Å². The Balaban J connectivity index is 1.55. The monoisotopic (exact) mass is 352 g/mol. The number of carbonyl (C=O) groups excluding carboxylic acids is 1. The fraction of sp³-hybridized carbons (Fsp3) is 0.333. The molecule has 3 N–H and O–H groups in total. The van der Waals surface area contributed by atoms with Gasteiger partial charge in [0.05, 0.1) is 6.21 Å². The van der Waals surface area contributed by atoms with E-state index >= 15 is 0 Å². The summed E-state index contributed by atoms with van der Waals surface area (Å²) in [5.41, 5.74) is 5.73. The number of hydrogen-bond acceptors (Lipinski definition) is 4. The quantitative estimate of drug-likeness (QED) is 0.446. The van der Waals surface area contributed by atoms with E-state index in [2.05, 4.69) is 55.6 Å². The van der Waals surface area contributed by atoms with Crippen molar-refractivity contribution in [1.82, 2.24) is 5.43 Å². The molecule has 136 valence electrons. The summed E-state index contributed by atoms with van der Waals surface area (Å²) in [7, 11) is 0. The van der Waals surface area contributed by atoms with E-state index in [0.29, 0.717) is 5.56 Å². The maximum absolute atomic E-state index is 12.2. The van der Waals surface area contributed by atoms with Crippen LogP contribution in [0.5, 0.6) is 11.5 Å². The van der Waals surface area contributed by atoms with Crippen molar-refractivity contribution in [2.24, 2.45) is 11.0 Å². The SMILES string of the molecule is CC(C)(C)c1ccc(C2CC2C(=O)N/N=C\c2ccc(O)c(O)c2)cc1. The largest absolute Gasteiger partial charge is 0.504 e. The Morgan fingerprint density at radius 1 is 1.12 bits per heavy atom. The van der Waals surface area contributed by atoms with Crippen molar-refractivity contribution in [2.75, 3.05) is 0 Å². The van der Waals surface area contributed by atoms with Crippen LogP contribution in [0.4, 0.5) is 0 Å². The van der Waals surface area contributed by atoms with E-state index in [1.807, 2.05) is 0 Å². The van der Waals surface area contributed by atoms with Gasteiger partial charge in [-0.3, -0.25) is 4.79 Å². The third kappa shape index (κ3) is 4.04. The molecule has 1 fully saturated rings. The van der Waals surface area contributed by atoms with Gasteiger partial charge in [-0.15, -0.1) is 0 Å². The molecular weight excluding hydrogens is 328 g/mol. The van der Waals surface area contributed by atoms with Gasteiger partial charge in [0.25, 0.3) is 0 Å². The molecule has 0 aromatic heterocycles. The molecule has 1 aliphatic carbocycles. The van der Waals surface area contributed by atoms with Gasteiger partial charge in [0.15, 0.2) is 11.5 Å². The molecule has 1 saturated carbocycles. The lowest BCUT2D eigenvalue weighted by atomic mass is 9.86. The molecule has 2 unspecified atom stereocenters. The van der Waals surface area contributed by atoms with Crippen molar-refractivity contribution in [2.45, 2.75) is 38.5 Å². The van der Waals surface area contributed by atoms with Crippen LogP contribution < -0.4 is 5.43 Å². The number of rotatable bonds is 4. The third-order valence-electron chi connectivity index (χ3n) is 4.72. The molecule has 0 aliphatic heterocycles. The second-order valence-electron chi connectivity index (χ2n) is 7.80. The Labute approximate surface area is 153 Å². The van der Waals surface area contributed by atoms with Gasteiger partial charge in [0, 0.05) is 5.92 Å². The molecular formula is C21H24N2O3. The summed E-state index contributed by atoms with van der Waals surface area (Å²) < 4.78 is 0. The van der Waals surface area contributed by atoms with E-state index in [4.69, 9.17) is 0 Å². The number of nitrogens with one attached hydrogen (secondary N) is 1. The van der Waals surface area contributed by atoms with Crippen molar-refractivity contribution in [3.8, 4) is 11.5 Å². The van der Waals surface area contributed by atoms with E-state index in [1.165, 1.54) is 29.5 Å². The molecule has 26 heavy (non-hydrogen) atoms. The van der Waals surface area contributed by atoms with E-state index in [1.54, 1.807) is 6.07 Å². The van der Waals surface area contributed by atoms with Crippen LogP contribution in [0.15, 0.2) is 47.6 Å². The first kappa shape index (κ1) is 18.0. The van der Waals surface area contributed by atoms with Crippen LogP contribution in [0.1, 0.15) is 49.8 Å². The minimum absolute atomic E-state index is 0.0548. The molecule has 2 aromatic rings. The van der Waals surface area contributed by atoms with Gasteiger partial charge in [-0.25, -0.2) is 5.43 Å². The molecule has 5 heteroatoms. The van der Waals surface area contributed by atoms with Crippen LogP contribution in [-0.4, -0.2) is 22.3 Å². The molecule has 0 saturated heterocycles. The van der Waals surface area contributed by atoms with Crippen molar-refractivity contribution in [3.63, 3.8) is 0 Å². The highest BCUT2D eigenvalue weighted by molar-refractivity contribution is 5.86. The molecule has 0 radical (unpaired) electrons. The minimum Gasteiger partial charge on any atom is -0.504 e. The van der Waals surface area contributed by atoms with Crippen molar-refractivity contribution < 1.29 is 15.0 Å². The Morgan fingerprint density at radius 2 is 1.81 bits per heavy atom. The number of phenols is 2. The zero-order valence-corrected chi connectivity index (χ0v) is 15.2. The van der Waals surface area contributed by atoms with Gasteiger partial charge in [0.1, 0.15) is 0 Å². The number of nitrogens with zero attached hydrogens (tertiary/aromatic N) is 1. The van der Waals surface area contributed by atoms with Gasteiger partial charge >= 0.3 is 0 Å². The van der Waals surface area contributed by atoms with E-state index < -0.39 is 0 Å². The number of carbonyl (C=O) groups is 1. The molecule has 3 rings (SSSR count). The molecule has 5 nitrogen and oxygen atoms in total. The zero-order chi connectivity index (χ0) is 18.9. The highest BCUT2D eigenvalue weighted by atomic mass is 16.3. The van der Waals surface area contributed by atoms with Crippen LogP contribution in [0.3, 0.4) is 0 Å². The maximum atomic E-state index is 12.2. The fourth-order valence-electron chi connectivity index (χ4n) is 2.96. The number of phenolic OH excluding ortho intramolecular Hbond substituents is 2. The predicted molar refractivity (Wildman–Crippen MR) is 101 cm³/mol. The first-order valence-electron chi connectivity index (χ1n) is 8.71. The van der Waals surface area contributed by atoms with E-state index in [0.717, 1.165) is 6.42 Å². The summed E-state index contributed by atoms with van der Waals surface area (Å²) in [6.45, 7) is 6.55. The smallest absolute Gasteiger partial charge is 0.243 e. The van der Waals surface area contributed by atoms with Crippen LogP contribution in [0.2, 0.25) is 0 Å². The minimum atomic E-state index is -0.221. The van der Waals surface area contributed by atoms with E-state index in [-0.39, 0.29) is 34.7 Å². The van der Waals surface area contributed by atoms with Crippen LogP contribution >= 0.6 is 0 Å². The standard InChI is InChI=1S/C21H24N2O3/c1-21(2,3)15-7-5-14(6-8-15)16-11-17(16)20(26)23-22-12-13-4-9-18(24)19(25)10-13/h4-10,12,16-17,24-25H,11H2,1-3H3,(H,23,26)/b22-12-. The summed E-state index contributed by atoms with van der Waals surface area (Å²) in [6.07, 6.45) is 2.27. The number of hydrogen-bond donors (Lipinski definition) is 3. The first-order chi connectivity index (χ1) is 12.3. The molecule has 0 heterocycles. The predicted octanol–water partition coefficient (Wildman–Crippen LogP) is 3.65. The topological polar surface area (TPSA) is 81.9 Å².